The molecule has 0 fully saturated rings. The maximum atomic E-state index is 12.0. The predicted molar refractivity (Wildman–Crippen MR) is 97.5 cm³/mol. The lowest BCUT2D eigenvalue weighted by Crippen LogP contribution is -2.05. The topological polar surface area (TPSA) is 65.0 Å². The first-order chi connectivity index (χ1) is 11.5. The maximum Gasteiger partial charge on any atom is 0.363 e. The largest absolute Gasteiger partial charge is 0.427 e. The lowest BCUT2D eigenvalue weighted by molar-refractivity contribution is -0.132. The summed E-state index contributed by atoms with van der Waals surface area (Å²) in [5.41, 5.74) is 1.62. The van der Waals surface area contributed by atoms with Gasteiger partial charge in [-0.15, -0.1) is 0 Å². The molecule has 1 aliphatic rings. The molecule has 24 heavy (non-hydrogen) atoms. The molecule has 0 aromatic heterocycles. The number of hydrogen-bond donors (Lipinski definition) is 0. The number of hydrogen-bond acceptors (Lipinski definition) is 5. The van der Waals surface area contributed by atoms with Gasteiger partial charge in [0.25, 0.3) is 0 Å². The Bertz CT molecular complexity index is 869. The molecular weight excluding hydrogens is 421 g/mol. The predicted octanol–water partition coefficient (Wildman–Crippen LogP) is 3.56. The van der Waals surface area contributed by atoms with Gasteiger partial charge in [-0.25, -0.2) is 9.79 Å². The number of ether oxygens (including phenoxy) is 2. The van der Waals surface area contributed by atoms with Crippen LogP contribution in [0, 0.1) is 3.57 Å². The first-order valence-corrected chi connectivity index (χ1v) is 8.16. The zero-order chi connectivity index (χ0) is 17.1. The molecule has 0 saturated carbocycles. The van der Waals surface area contributed by atoms with Crippen LogP contribution in [0.1, 0.15) is 18.1 Å². The summed E-state index contributed by atoms with van der Waals surface area (Å²) in [7, 11) is 0. The van der Waals surface area contributed by atoms with Crippen molar-refractivity contribution in [2.24, 2.45) is 4.99 Å². The monoisotopic (exact) mass is 433 g/mol. The van der Waals surface area contributed by atoms with E-state index in [0.29, 0.717) is 11.3 Å². The van der Waals surface area contributed by atoms with Crippen LogP contribution < -0.4 is 4.74 Å². The summed E-state index contributed by atoms with van der Waals surface area (Å²) in [6, 6.07) is 14.3. The number of carbonyl (C=O) groups is 2. The van der Waals surface area contributed by atoms with Crippen LogP contribution >= 0.6 is 22.6 Å². The summed E-state index contributed by atoms with van der Waals surface area (Å²) in [4.78, 5) is 27.3. The molecular formula is C18H12INO4. The van der Waals surface area contributed by atoms with E-state index in [1.54, 1.807) is 30.3 Å². The highest BCUT2D eigenvalue weighted by Gasteiger charge is 2.24. The van der Waals surface area contributed by atoms with E-state index in [1.807, 2.05) is 24.3 Å². The molecule has 6 heteroatoms. The number of nitrogens with zero attached hydrogens (tertiary/aromatic N) is 1. The van der Waals surface area contributed by atoms with E-state index in [9.17, 15) is 9.59 Å². The average molecular weight is 433 g/mol. The van der Waals surface area contributed by atoms with Crippen LogP contribution in [-0.4, -0.2) is 17.8 Å². The lowest BCUT2D eigenvalue weighted by atomic mass is 10.2. The molecule has 0 aliphatic carbocycles. The Balaban J connectivity index is 1.88. The van der Waals surface area contributed by atoms with E-state index in [2.05, 4.69) is 27.6 Å². The van der Waals surface area contributed by atoms with Crippen molar-refractivity contribution in [3.8, 4) is 5.75 Å². The van der Waals surface area contributed by atoms with Crippen molar-refractivity contribution in [3.05, 3.63) is 68.9 Å². The van der Waals surface area contributed by atoms with Gasteiger partial charge < -0.3 is 9.47 Å². The molecule has 120 valence electrons. The fourth-order valence-electron chi connectivity index (χ4n) is 2.12. The standard InChI is InChI=1S/C18H12INO4/c1-11(21)23-15-4-2-3-12(9-15)10-16-18(22)24-17(20-16)13-5-7-14(19)8-6-13/h2-10H,1H3/b16-10-. The van der Waals surface area contributed by atoms with Crippen LogP contribution in [-0.2, 0) is 14.3 Å². The van der Waals surface area contributed by atoms with Gasteiger partial charge in [0.05, 0.1) is 0 Å². The average Bonchev–Trinajstić information content (AvgIpc) is 2.89. The van der Waals surface area contributed by atoms with Crippen molar-refractivity contribution < 1.29 is 19.1 Å². The van der Waals surface area contributed by atoms with Gasteiger partial charge in [-0.3, -0.25) is 4.79 Å². The minimum Gasteiger partial charge on any atom is -0.427 e. The molecule has 0 radical (unpaired) electrons. The highest BCUT2D eigenvalue weighted by molar-refractivity contribution is 14.1. The van der Waals surface area contributed by atoms with Gasteiger partial charge >= 0.3 is 11.9 Å². The summed E-state index contributed by atoms with van der Waals surface area (Å²) >= 11 is 2.20. The summed E-state index contributed by atoms with van der Waals surface area (Å²) in [6.07, 6.45) is 1.59. The maximum absolute atomic E-state index is 12.0. The van der Waals surface area contributed by atoms with Crippen molar-refractivity contribution in [3.63, 3.8) is 0 Å². The molecule has 2 aromatic rings. The molecule has 5 nitrogen and oxygen atoms in total. The Hall–Kier alpha value is -2.48. The Morgan fingerprint density at radius 2 is 1.96 bits per heavy atom. The fourth-order valence-corrected chi connectivity index (χ4v) is 2.48. The van der Waals surface area contributed by atoms with Crippen molar-refractivity contribution in [2.45, 2.75) is 6.92 Å². The van der Waals surface area contributed by atoms with Gasteiger partial charge in [0.1, 0.15) is 5.75 Å². The minimum absolute atomic E-state index is 0.198. The SMILES string of the molecule is CC(=O)Oc1cccc(/C=C2\N=C(c3ccc(I)cc3)OC2=O)c1. The number of cyclic esters (lactones) is 1. The molecule has 0 saturated heterocycles. The van der Waals surface area contributed by atoms with Crippen LogP contribution in [0.25, 0.3) is 6.08 Å². The molecule has 0 spiro atoms. The number of rotatable bonds is 3. The third kappa shape index (κ3) is 3.88. The van der Waals surface area contributed by atoms with Crippen molar-refractivity contribution >= 4 is 46.5 Å². The number of esters is 2. The van der Waals surface area contributed by atoms with Gasteiger partial charge in [-0.2, -0.15) is 0 Å². The second kappa shape index (κ2) is 6.96. The van der Waals surface area contributed by atoms with Gasteiger partial charge in [0, 0.05) is 16.1 Å². The summed E-state index contributed by atoms with van der Waals surface area (Å²) in [5, 5.41) is 0. The van der Waals surface area contributed by atoms with E-state index in [-0.39, 0.29) is 11.6 Å². The van der Waals surface area contributed by atoms with Crippen LogP contribution in [0.4, 0.5) is 0 Å². The molecule has 2 aromatic carbocycles. The van der Waals surface area contributed by atoms with Crippen LogP contribution in [0.2, 0.25) is 0 Å². The molecule has 1 heterocycles. The molecule has 0 unspecified atom stereocenters. The third-order valence-electron chi connectivity index (χ3n) is 3.13. The smallest absolute Gasteiger partial charge is 0.363 e. The fraction of sp³-hybridized carbons (Fsp3) is 0.0556. The Labute approximate surface area is 152 Å². The molecule has 0 N–H and O–H groups in total. The summed E-state index contributed by atoms with van der Waals surface area (Å²) in [6.45, 7) is 1.33. The van der Waals surface area contributed by atoms with Crippen molar-refractivity contribution in [1.82, 2.24) is 0 Å². The van der Waals surface area contributed by atoms with E-state index < -0.39 is 11.9 Å². The Morgan fingerprint density at radius 3 is 2.67 bits per heavy atom. The molecule has 0 bridgehead atoms. The normalized spacial score (nSPS) is 15.2. The zero-order valence-electron chi connectivity index (χ0n) is 12.7. The second-order valence-electron chi connectivity index (χ2n) is 5.01. The highest BCUT2D eigenvalue weighted by atomic mass is 127. The highest BCUT2D eigenvalue weighted by Crippen LogP contribution is 2.21. The number of halogens is 1. The summed E-state index contributed by atoms with van der Waals surface area (Å²) < 4.78 is 11.3. The number of carbonyl (C=O) groups excluding carboxylic acids is 2. The van der Waals surface area contributed by atoms with E-state index in [1.165, 1.54) is 6.92 Å². The minimum atomic E-state index is -0.513. The van der Waals surface area contributed by atoms with Gasteiger partial charge in [0.15, 0.2) is 5.70 Å². The van der Waals surface area contributed by atoms with Crippen molar-refractivity contribution in [1.29, 1.82) is 0 Å². The molecule has 0 atom stereocenters. The van der Waals surface area contributed by atoms with Crippen LogP contribution in [0.15, 0.2) is 59.2 Å². The third-order valence-corrected chi connectivity index (χ3v) is 3.85. The quantitative estimate of drug-likeness (QED) is 0.322. The zero-order valence-corrected chi connectivity index (χ0v) is 14.8. The Morgan fingerprint density at radius 1 is 1.21 bits per heavy atom. The van der Waals surface area contributed by atoms with Crippen LogP contribution in [0.5, 0.6) is 5.75 Å². The molecule has 0 amide bonds. The van der Waals surface area contributed by atoms with Gasteiger partial charge in [-0.05, 0) is 70.6 Å². The first-order valence-electron chi connectivity index (χ1n) is 7.08. The van der Waals surface area contributed by atoms with E-state index in [0.717, 1.165) is 9.13 Å². The van der Waals surface area contributed by atoms with Gasteiger partial charge in [0.2, 0.25) is 5.90 Å². The van der Waals surface area contributed by atoms with Crippen molar-refractivity contribution in [2.75, 3.05) is 0 Å². The summed E-state index contributed by atoms with van der Waals surface area (Å²) in [5.74, 6) is -0.232. The lowest BCUT2D eigenvalue weighted by Gasteiger charge is -2.01. The van der Waals surface area contributed by atoms with Crippen LogP contribution in [0.3, 0.4) is 0 Å². The second-order valence-corrected chi connectivity index (χ2v) is 6.25. The van der Waals surface area contributed by atoms with E-state index in [4.69, 9.17) is 9.47 Å². The number of benzene rings is 2. The molecule has 3 rings (SSSR count). The number of aliphatic imine (C=N–C) groups is 1. The first kappa shape index (κ1) is 16.4. The van der Waals surface area contributed by atoms with E-state index >= 15 is 0 Å². The Kier molecular flexibility index (Phi) is 4.75. The molecule has 1 aliphatic heterocycles. The van der Waals surface area contributed by atoms with Gasteiger partial charge in [-0.1, -0.05) is 12.1 Å².